The van der Waals surface area contributed by atoms with Crippen LogP contribution in [0.15, 0.2) is 35.3 Å². The molecular formula is C12H11N5O3. The number of imidazole rings is 1. The Kier molecular flexibility index (Phi) is 3.04. The standard InChI is InChI=1S/C12H11N5O3/c18-11(19)8-7-9-13-3-5-17(9)12(16-8)15-2-1-10-14-4-6-20-10/h3-7H,1-2H2,(H,15,16)(H,18,19). The predicted molar refractivity (Wildman–Crippen MR) is 68.6 cm³/mol. The average molecular weight is 273 g/mol. The van der Waals surface area contributed by atoms with E-state index in [2.05, 4.69) is 20.3 Å². The van der Waals surface area contributed by atoms with Crippen LogP contribution >= 0.6 is 0 Å². The van der Waals surface area contributed by atoms with Crippen molar-refractivity contribution in [2.75, 3.05) is 11.9 Å². The smallest absolute Gasteiger partial charge is 0.354 e. The zero-order chi connectivity index (χ0) is 13.9. The van der Waals surface area contributed by atoms with Gasteiger partial charge in [-0.15, -0.1) is 0 Å². The van der Waals surface area contributed by atoms with E-state index in [1.54, 1.807) is 23.0 Å². The molecule has 0 aliphatic rings. The van der Waals surface area contributed by atoms with E-state index in [0.717, 1.165) is 0 Å². The highest BCUT2D eigenvalue weighted by Gasteiger charge is 2.11. The second-order valence-corrected chi connectivity index (χ2v) is 4.03. The number of nitrogens with one attached hydrogen (secondary N) is 1. The second-order valence-electron chi connectivity index (χ2n) is 4.03. The van der Waals surface area contributed by atoms with Crippen molar-refractivity contribution in [2.45, 2.75) is 6.42 Å². The summed E-state index contributed by atoms with van der Waals surface area (Å²) in [5, 5.41) is 12.1. The third-order valence-corrected chi connectivity index (χ3v) is 2.71. The number of nitrogens with zero attached hydrogens (tertiary/aromatic N) is 4. The van der Waals surface area contributed by atoms with E-state index in [0.29, 0.717) is 30.5 Å². The molecule has 102 valence electrons. The molecule has 0 saturated carbocycles. The van der Waals surface area contributed by atoms with Gasteiger partial charge in [0.1, 0.15) is 11.9 Å². The third kappa shape index (κ3) is 2.30. The Bertz CT molecular complexity index is 735. The molecule has 0 radical (unpaired) electrons. The molecule has 0 saturated heterocycles. The Balaban J connectivity index is 1.82. The summed E-state index contributed by atoms with van der Waals surface area (Å²) in [5.41, 5.74) is 0.471. The minimum Gasteiger partial charge on any atom is -0.477 e. The summed E-state index contributed by atoms with van der Waals surface area (Å²) in [5.74, 6) is -0.0658. The van der Waals surface area contributed by atoms with Crippen molar-refractivity contribution >= 4 is 17.6 Å². The van der Waals surface area contributed by atoms with Crippen molar-refractivity contribution in [1.29, 1.82) is 0 Å². The molecule has 0 bridgehead atoms. The molecule has 8 heteroatoms. The molecule has 3 aromatic heterocycles. The Morgan fingerprint density at radius 2 is 2.30 bits per heavy atom. The van der Waals surface area contributed by atoms with Crippen LogP contribution in [0.5, 0.6) is 0 Å². The maximum atomic E-state index is 11.0. The van der Waals surface area contributed by atoms with Gasteiger partial charge in [-0.2, -0.15) is 0 Å². The van der Waals surface area contributed by atoms with E-state index in [-0.39, 0.29) is 5.69 Å². The van der Waals surface area contributed by atoms with Crippen molar-refractivity contribution in [2.24, 2.45) is 0 Å². The molecule has 0 amide bonds. The average Bonchev–Trinajstić information content (AvgIpc) is 3.08. The lowest BCUT2D eigenvalue weighted by Crippen LogP contribution is -2.13. The number of hydrogen-bond acceptors (Lipinski definition) is 6. The Labute approximate surface area is 113 Å². The monoisotopic (exact) mass is 273 g/mol. The summed E-state index contributed by atoms with van der Waals surface area (Å²) in [6, 6.07) is 1.42. The maximum Gasteiger partial charge on any atom is 0.354 e. The summed E-state index contributed by atoms with van der Waals surface area (Å²) < 4.78 is 6.80. The van der Waals surface area contributed by atoms with Gasteiger partial charge in [-0.3, -0.25) is 4.40 Å². The van der Waals surface area contributed by atoms with Crippen LogP contribution in [0.1, 0.15) is 16.4 Å². The van der Waals surface area contributed by atoms with Crippen molar-refractivity contribution < 1.29 is 14.3 Å². The molecule has 3 rings (SSSR count). The van der Waals surface area contributed by atoms with Gasteiger partial charge >= 0.3 is 5.97 Å². The van der Waals surface area contributed by atoms with E-state index >= 15 is 0 Å². The minimum absolute atomic E-state index is 0.0534. The van der Waals surface area contributed by atoms with Gasteiger partial charge in [0.05, 0.1) is 6.20 Å². The van der Waals surface area contributed by atoms with Gasteiger partial charge in [0.25, 0.3) is 0 Å². The number of carboxylic acids is 1. The summed E-state index contributed by atoms with van der Waals surface area (Å²) in [6.07, 6.45) is 6.95. The SMILES string of the molecule is O=C(O)c1cc2nccn2c(NCCc2ncco2)n1. The lowest BCUT2D eigenvalue weighted by molar-refractivity contribution is 0.0690. The largest absolute Gasteiger partial charge is 0.477 e. The normalized spacial score (nSPS) is 10.8. The molecule has 0 aliphatic heterocycles. The molecule has 8 nitrogen and oxygen atoms in total. The lowest BCUT2D eigenvalue weighted by atomic mass is 10.4. The van der Waals surface area contributed by atoms with Crippen LogP contribution in [0.2, 0.25) is 0 Å². The van der Waals surface area contributed by atoms with E-state index in [9.17, 15) is 4.79 Å². The van der Waals surface area contributed by atoms with Crippen LogP contribution in [-0.4, -0.2) is 37.0 Å². The number of oxazole rings is 1. The molecule has 3 heterocycles. The first-order valence-electron chi connectivity index (χ1n) is 5.93. The van der Waals surface area contributed by atoms with Crippen molar-refractivity contribution in [3.05, 3.63) is 42.5 Å². The van der Waals surface area contributed by atoms with Gasteiger partial charge in [0.15, 0.2) is 11.6 Å². The highest BCUT2D eigenvalue weighted by atomic mass is 16.4. The van der Waals surface area contributed by atoms with Crippen molar-refractivity contribution in [3.8, 4) is 0 Å². The number of aromatic carboxylic acids is 1. The number of carboxylic acid groups (broad SMARTS) is 1. The second kappa shape index (κ2) is 5.00. The fourth-order valence-corrected chi connectivity index (χ4v) is 1.82. The van der Waals surface area contributed by atoms with Gasteiger partial charge in [-0.25, -0.2) is 19.7 Å². The first-order valence-corrected chi connectivity index (χ1v) is 5.93. The minimum atomic E-state index is -1.09. The molecule has 0 atom stereocenters. The van der Waals surface area contributed by atoms with Crippen molar-refractivity contribution in [1.82, 2.24) is 19.4 Å². The molecule has 3 aromatic rings. The summed E-state index contributed by atoms with van der Waals surface area (Å²) in [7, 11) is 0. The molecule has 0 unspecified atom stereocenters. The fourth-order valence-electron chi connectivity index (χ4n) is 1.82. The van der Waals surface area contributed by atoms with Gasteiger partial charge in [-0.1, -0.05) is 0 Å². The Morgan fingerprint density at radius 1 is 1.40 bits per heavy atom. The predicted octanol–water partition coefficient (Wildman–Crippen LogP) is 1.07. The zero-order valence-electron chi connectivity index (χ0n) is 10.4. The van der Waals surface area contributed by atoms with Gasteiger partial charge in [0, 0.05) is 31.4 Å². The molecule has 0 aliphatic carbocycles. The third-order valence-electron chi connectivity index (χ3n) is 2.71. The number of carbonyl (C=O) groups is 1. The van der Waals surface area contributed by atoms with Crippen LogP contribution in [0.3, 0.4) is 0 Å². The van der Waals surface area contributed by atoms with Gasteiger partial charge in [0.2, 0.25) is 5.95 Å². The number of rotatable bonds is 5. The van der Waals surface area contributed by atoms with Crippen LogP contribution in [0.4, 0.5) is 5.95 Å². The molecule has 0 fully saturated rings. The molecule has 0 spiro atoms. The first kappa shape index (κ1) is 12.2. The molecule has 0 aromatic carbocycles. The topological polar surface area (TPSA) is 106 Å². The highest BCUT2D eigenvalue weighted by Crippen LogP contribution is 2.11. The van der Waals surface area contributed by atoms with Crippen LogP contribution < -0.4 is 5.32 Å². The van der Waals surface area contributed by atoms with Crippen LogP contribution in [0, 0.1) is 0 Å². The quantitative estimate of drug-likeness (QED) is 0.716. The van der Waals surface area contributed by atoms with E-state index in [1.807, 2.05) is 0 Å². The van der Waals surface area contributed by atoms with E-state index < -0.39 is 5.97 Å². The number of anilines is 1. The molecular weight excluding hydrogens is 262 g/mol. The summed E-state index contributed by atoms with van der Waals surface area (Å²) >= 11 is 0. The Hall–Kier alpha value is -2.90. The number of fused-ring (bicyclic) bond motifs is 1. The molecule has 2 N–H and O–H groups in total. The summed E-state index contributed by atoms with van der Waals surface area (Å²) in [4.78, 5) is 23.2. The van der Waals surface area contributed by atoms with Crippen LogP contribution in [-0.2, 0) is 6.42 Å². The first-order chi connectivity index (χ1) is 9.74. The van der Waals surface area contributed by atoms with Gasteiger partial charge < -0.3 is 14.8 Å². The van der Waals surface area contributed by atoms with Gasteiger partial charge in [-0.05, 0) is 0 Å². The number of hydrogen-bond donors (Lipinski definition) is 2. The number of aromatic nitrogens is 4. The summed E-state index contributed by atoms with van der Waals surface area (Å²) in [6.45, 7) is 0.518. The van der Waals surface area contributed by atoms with E-state index in [1.165, 1.54) is 12.3 Å². The van der Waals surface area contributed by atoms with Crippen molar-refractivity contribution in [3.63, 3.8) is 0 Å². The lowest BCUT2D eigenvalue weighted by Gasteiger charge is -2.07. The highest BCUT2D eigenvalue weighted by molar-refractivity contribution is 5.87. The van der Waals surface area contributed by atoms with Crippen LogP contribution in [0.25, 0.3) is 5.65 Å². The molecule has 20 heavy (non-hydrogen) atoms. The Morgan fingerprint density at radius 3 is 3.05 bits per heavy atom. The zero-order valence-corrected chi connectivity index (χ0v) is 10.4. The maximum absolute atomic E-state index is 11.0. The van der Waals surface area contributed by atoms with E-state index in [4.69, 9.17) is 9.52 Å². The fraction of sp³-hybridized carbons (Fsp3) is 0.167.